The minimum absolute atomic E-state index is 0.235. The van der Waals surface area contributed by atoms with Gasteiger partial charge in [0.05, 0.1) is 6.04 Å². The van der Waals surface area contributed by atoms with Gasteiger partial charge in [-0.25, -0.2) is 4.98 Å². The quantitative estimate of drug-likeness (QED) is 0.691. The number of carbonyl (C=O) groups excluding carboxylic acids is 2. The van der Waals surface area contributed by atoms with Crippen LogP contribution in [0.25, 0.3) is 10.8 Å². The Morgan fingerprint density at radius 2 is 2.04 bits per heavy atom. The zero-order chi connectivity index (χ0) is 19.3. The fraction of sp³-hybridized carbons (Fsp3) is 0.421. The Morgan fingerprint density at radius 1 is 1.31 bits per heavy atom. The van der Waals surface area contributed by atoms with Gasteiger partial charge in [0, 0.05) is 22.5 Å². The molecule has 7 heteroatoms. The van der Waals surface area contributed by atoms with Crippen LogP contribution in [0.3, 0.4) is 0 Å². The highest BCUT2D eigenvalue weighted by molar-refractivity contribution is 9.10. The topological polar surface area (TPSA) is 94.3 Å². The number of esters is 1. The van der Waals surface area contributed by atoms with Crippen LogP contribution in [0.15, 0.2) is 34.9 Å². The molecule has 2 rings (SSSR count). The standard InChI is InChI=1S/C19H24BrN3O3/c1-19(2,3)26-16(24)6-4-5-15(21)18(25)23-17-14-8-7-13(20)11-12(14)9-10-22-17/h7-11,15H,4-6,21H2,1-3H3,(H,22,23,25)/t15-/m0/s1. The lowest BCUT2D eigenvalue weighted by Gasteiger charge is -2.19. The van der Waals surface area contributed by atoms with Gasteiger partial charge in [-0.2, -0.15) is 0 Å². The van der Waals surface area contributed by atoms with Crippen LogP contribution >= 0.6 is 15.9 Å². The van der Waals surface area contributed by atoms with Crippen LogP contribution < -0.4 is 11.1 Å². The molecule has 3 N–H and O–H groups in total. The van der Waals surface area contributed by atoms with E-state index in [-0.39, 0.29) is 18.3 Å². The van der Waals surface area contributed by atoms with Gasteiger partial charge >= 0.3 is 5.97 Å². The summed E-state index contributed by atoms with van der Waals surface area (Å²) in [6, 6.07) is 6.88. The number of anilines is 1. The molecular formula is C19H24BrN3O3. The number of pyridine rings is 1. The maximum absolute atomic E-state index is 12.3. The largest absolute Gasteiger partial charge is 0.460 e. The Morgan fingerprint density at radius 3 is 2.73 bits per heavy atom. The number of nitrogens with one attached hydrogen (secondary N) is 1. The van der Waals surface area contributed by atoms with Crippen LogP contribution in [-0.2, 0) is 14.3 Å². The van der Waals surface area contributed by atoms with Gasteiger partial charge in [0.1, 0.15) is 11.4 Å². The van der Waals surface area contributed by atoms with Crippen molar-refractivity contribution in [3.63, 3.8) is 0 Å². The fourth-order valence-electron chi connectivity index (χ4n) is 2.45. The van der Waals surface area contributed by atoms with E-state index in [1.807, 2.05) is 45.0 Å². The maximum atomic E-state index is 12.3. The number of hydrogen-bond donors (Lipinski definition) is 2. The number of aromatic nitrogens is 1. The molecule has 0 saturated carbocycles. The van der Waals surface area contributed by atoms with Gasteiger partial charge < -0.3 is 15.8 Å². The Bertz CT molecular complexity index is 802. The number of benzene rings is 1. The van der Waals surface area contributed by atoms with Gasteiger partial charge in [0.25, 0.3) is 0 Å². The molecule has 0 aliphatic carbocycles. The number of amides is 1. The number of nitrogens with zero attached hydrogens (tertiary/aromatic N) is 1. The molecule has 1 heterocycles. The summed E-state index contributed by atoms with van der Waals surface area (Å²) < 4.78 is 6.19. The monoisotopic (exact) mass is 421 g/mol. The van der Waals surface area contributed by atoms with Crippen LogP contribution in [0.4, 0.5) is 5.82 Å². The van der Waals surface area contributed by atoms with Crippen LogP contribution in [0.2, 0.25) is 0 Å². The number of fused-ring (bicyclic) bond motifs is 1. The first-order chi connectivity index (χ1) is 12.2. The Hall–Kier alpha value is -1.99. The van der Waals surface area contributed by atoms with Crippen molar-refractivity contribution in [1.29, 1.82) is 0 Å². The number of carbonyl (C=O) groups is 2. The van der Waals surface area contributed by atoms with Crippen molar-refractivity contribution >= 4 is 44.4 Å². The minimum atomic E-state index is -0.718. The van der Waals surface area contributed by atoms with E-state index < -0.39 is 11.6 Å². The van der Waals surface area contributed by atoms with E-state index in [4.69, 9.17) is 10.5 Å². The molecule has 0 saturated heterocycles. The second-order valence-corrected chi connectivity index (χ2v) is 8.02. The van der Waals surface area contributed by atoms with E-state index in [0.29, 0.717) is 18.7 Å². The summed E-state index contributed by atoms with van der Waals surface area (Å²) >= 11 is 3.42. The predicted octanol–water partition coefficient (Wildman–Crippen LogP) is 3.78. The van der Waals surface area contributed by atoms with Crippen LogP contribution in [-0.4, -0.2) is 28.5 Å². The maximum Gasteiger partial charge on any atom is 0.306 e. The lowest BCUT2D eigenvalue weighted by Crippen LogP contribution is -2.36. The normalized spacial score (nSPS) is 12.7. The molecule has 1 atom stereocenters. The molecule has 1 aromatic heterocycles. The van der Waals surface area contributed by atoms with Crippen molar-refractivity contribution in [2.45, 2.75) is 51.7 Å². The van der Waals surface area contributed by atoms with Crippen molar-refractivity contribution in [2.75, 3.05) is 5.32 Å². The highest BCUT2D eigenvalue weighted by atomic mass is 79.9. The third kappa shape index (κ3) is 6.07. The average Bonchev–Trinajstić information content (AvgIpc) is 2.52. The molecular weight excluding hydrogens is 398 g/mol. The van der Waals surface area contributed by atoms with Crippen molar-refractivity contribution in [3.8, 4) is 0 Å². The second kappa shape index (κ2) is 8.60. The lowest BCUT2D eigenvalue weighted by molar-refractivity contribution is -0.155. The number of hydrogen-bond acceptors (Lipinski definition) is 5. The first kappa shape index (κ1) is 20.3. The van der Waals surface area contributed by atoms with Gasteiger partial charge in [-0.15, -0.1) is 0 Å². The molecule has 0 bridgehead atoms. The van der Waals surface area contributed by atoms with Crippen LogP contribution in [0.5, 0.6) is 0 Å². The highest BCUT2D eigenvalue weighted by Crippen LogP contribution is 2.24. The third-order valence-electron chi connectivity index (χ3n) is 3.62. The number of rotatable bonds is 6. The second-order valence-electron chi connectivity index (χ2n) is 7.10. The molecule has 0 spiro atoms. The molecule has 0 unspecified atom stereocenters. The van der Waals surface area contributed by atoms with Crippen LogP contribution in [0.1, 0.15) is 40.0 Å². The molecule has 6 nitrogen and oxygen atoms in total. The Kier molecular flexibility index (Phi) is 6.72. The van der Waals surface area contributed by atoms with Crippen LogP contribution in [0, 0.1) is 0 Å². The lowest BCUT2D eigenvalue weighted by atomic mass is 10.1. The SMILES string of the molecule is CC(C)(C)OC(=O)CCC[C@H](N)C(=O)Nc1nccc2cc(Br)ccc12. The van der Waals surface area contributed by atoms with E-state index in [2.05, 4.69) is 26.2 Å². The van der Waals surface area contributed by atoms with Crippen molar-refractivity contribution < 1.29 is 14.3 Å². The molecule has 140 valence electrons. The smallest absolute Gasteiger partial charge is 0.306 e. The summed E-state index contributed by atoms with van der Waals surface area (Å²) in [5.41, 5.74) is 5.44. The number of halogens is 1. The fourth-order valence-corrected chi connectivity index (χ4v) is 2.83. The Labute approximate surface area is 161 Å². The average molecular weight is 422 g/mol. The van der Waals surface area contributed by atoms with Gasteiger partial charge in [0.2, 0.25) is 5.91 Å². The van der Waals surface area contributed by atoms with Gasteiger partial charge in [-0.1, -0.05) is 15.9 Å². The zero-order valence-corrected chi connectivity index (χ0v) is 16.8. The number of ether oxygens (including phenoxy) is 1. The van der Waals surface area contributed by atoms with Crippen molar-refractivity contribution in [2.24, 2.45) is 5.73 Å². The summed E-state index contributed by atoms with van der Waals surface area (Å²) in [4.78, 5) is 28.3. The molecule has 2 aromatic rings. The highest BCUT2D eigenvalue weighted by Gasteiger charge is 2.18. The van der Waals surface area contributed by atoms with Gasteiger partial charge in [-0.3, -0.25) is 9.59 Å². The summed E-state index contributed by atoms with van der Waals surface area (Å²) in [7, 11) is 0. The van der Waals surface area contributed by atoms with E-state index in [1.165, 1.54) is 0 Å². The van der Waals surface area contributed by atoms with E-state index in [9.17, 15) is 9.59 Å². The van der Waals surface area contributed by atoms with Crippen molar-refractivity contribution in [3.05, 3.63) is 34.9 Å². The zero-order valence-electron chi connectivity index (χ0n) is 15.2. The Balaban J connectivity index is 1.90. The first-order valence-corrected chi connectivity index (χ1v) is 9.27. The molecule has 1 aromatic carbocycles. The van der Waals surface area contributed by atoms with E-state index >= 15 is 0 Å². The first-order valence-electron chi connectivity index (χ1n) is 8.48. The summed E-state index contributed by atoms with van der Waals surface area (Å²) in [5.74, 6) is -0.133. The molecule has 0 radical (unpaired) electrons. The van der Waals surface area contributed by atoms with Gasteiger partial charge in [0.15, 0.2) is 0 Å². The minimum Gasteiger partial charge on any atom is -0.460 e. The van der Waals surface area contributed by atoms with Crippen molar-refractivity contribution in [1.82, 2.24) is 4.98 Å². The summed E-state index contributed by atoms with van der Waals surface area (Å²) in [6.45, 7) is 5.46. The van der Waals surface area contributed by atoms with Gasteiger partial charge in [-0.05, 0) is 63.3 Å². The number of nitrogens with two attached hydrogens (primary N) is 1. The molecule has 0 aliphatic rings. The molecule has 1 amide bonds. The van der Waals surface area contributed by atoms with E-state index in [0.717, 1.165) is 15.2 Å². The summed E-state index contributed by atoms with van der Waals surface area (Å²) in [5, 5.41) is 4.57. The summed E-state index contributed by atoms with van der Waals surface area (Å²) in [6.07, 6.45) is 2.75. The predicted molar refractivity (Wildman–Crippen MR) is 106 cm³/mol. The van der Waals surface area contributed by atoms with E-state index in [1.54, 1.807) is 6.20 Å². The molecule has 0 aliphatic heterocycles. The molecule has 0 fully saturated rings. The third-order valence-corrected chi connectivity index (χ3v) is 4.11. The molecule has 26 heavy (non-hydrogen) atoms.